The Balaban J connectivity index is 2.43. The number of nitro groups is 1. The summed E-state index contributed by atoms with van der Waals surface area (Å²) in [6, 6.07) is 5.42. The van der Waals surface area contributed by atoms with Crippen LogP contribution < -0.4 is 4.74 Å². The van der Waals surface area contributed by atoms with Crippen LogP contribution in [0.25, 0.3) is 0 Å². The van der Waals surface area contributed by atoms with Crippen LogP contribution in [0.2, 0.25) is 0 Å². The zero-order valence-corrected chi connectivity index (χ0v) is 10.2. The van der Waals surface area contributed by atoms with Gasteiger partial charge in [0.2, 0.25) is 5.75 Å². The fourth-order valence-electron chi connectivity index (χ4n) is 1.44. The molecule has 0 unspecified atom stereocenters. The lowest BCUT2D eigenvalue weighted by atomic mass is 10.3. The third-order valence-corrected chi connectivity index (χ3v) is 2.40. The molecule has 1 N–H and O–H groups in total. The number of aromatic hydroxyl groups is 1. The summed E-state index contributed by atoms with van der Waals surface area (Å²) in [6.07, 6.45) is -4.26. The standard InChI is InChI=1S/C12H7F3N2O4/c13-12(14,15)11-5-10(9(6-16-11)17(19)20)21-8-3-1-7(18)2-4-8/h1-6,18H. The van der Waals surface area contributed by atoms with E-state index in [9.17, 15) is 23.3 Å². The van der Waals surface area contributed by atoms with Gasteiger partial charge in [0, 0.05) is 6.07 Å². The highest BCUT2D eigenvalue weighted by atomic mass is 19.4. The van der Waals surface area contributed by atoms with Crippen molar-refractivity contribution in [1.82, 2.24) is 4.98 Å². The van der Waals surface area contributed by atoms with E-state index >= 15 is 0 Å². The van der Waals surface area contributed by atoms with Crippen LogP contribution in [0.3, 0.4) is 0 Å². The number of hydrogen-bond acceptors (Lipinski definition) is 5. The Labute approximate surface area is 115 Å². The second kappa shape index (κ2) is 5.27. The van der Waals surface area contributed by atoms with Crippen molar-refractivity contribution in [3.8, 4) is 17.2 Å². The molecule has 1 aromatic carbocycles. The van der Waals surface area contributed by atoms with Crippen molar-refractivity contribution in [2.24, 2.45) is 0 Å². The molecule has 0 amide bonds. The van der Waals surface area contributed by atoms with E-state index in [-0.39, 0.29) is 11.5 Å². The topological polar surface area (TPSA) is 85.5 Å². The minimum atomic E-state index is -4.75. The number of benzene rings is 1. The van der Waals surface area contributed by atoms with Crippen molar-refractivity contribution in [2.45, 2.75) is 6.18 Å². The predicted molar refractivity (Wildman–Crippen MR) is 64.1 cm³/mol. The Morgan fingerprint density at radius 2 is 1.86 bits per heavy atom. The van der Waals surface area contributed by atoms with Gasteiger partial charge >= 0.3 is 11.9 Å². The number of nitrogens with zero attached hydrogens (tertiary/aromatic N) is 2. The number of pyridine rings is 1. The molecule has 0 atom stereocenters. The van der Waals surface area contributed by atoms with E-state index in [1.807, 2.05) is 0 Å². The van der Waals surface area contributed by atoms with Gasteiger partial charge in [0.15, 0.2) is 0 Å². The molecule has 0 saturated carbocycles. The van der Waals surface area contributed by atoms with Crippen LogP contribution >= 0.6 is 0 Å². The largest absolute Gasteiger partial charge is 0.508 e. The molecular weight excluding hydrogens is 293 g/mol. The molecule has 0 aliphatic heterocycles. The molecule has 21 heavy (non-hydrogen) atoms. The smallest absolute Gasteiger partial charge is 0.433 e. The van der Waals surface area contributed by atoms with Crippen LogP contribution in [0.4, 0.5) is 18.9 Å². The van der Waals surface area contributed by atoms with Crippen LogP contribution in [-0.4, -0.2) is 15.0 Å². The third-order valence-electron chi connectivity index (χ3n) is 2.40. The minimum Gasteiger partial charge on any atom is -0.508 e. The van der Waals surface area contributed by atoms with E-state index < -0.39 is 28.2 Å². The monoisotopic (exact) mass is 300 g/mol. The first-order valence-corrected chi connectivity index (χ1v) is 5.46. The molecule has 0 spiro atoms. The third kappa shape index (κ3) is 3.38. The number of halogens is 3. The fourth-order valence-corrected chi connectivity index (χ4v) is 1.44. The van der Waals surface area contributed by atoms with Crippen molar-refractivity contribution in [1.29, 1.82) is 0 Å². The number of ether oxygens (including phenoxy) is 1. The molecule has 0 aliphatic carbocycles. The maximum absolute atomic E-state index is 12.6. The summed E-state index contributed by atoms with van der Waals surface area (Å²) < 4.78 is 42.8. The average Bonchev–Trinajstić information content (AvgIpc) is 2.40. The zero-order valence-electron chi connectivity index (χ0n) is 10.2. The maximum Gasteiger partial charge on any atom is 0.433 e. The maximum atomic E-state index is 12.6. The van der Waals surface area contributed by atoms with Gasteiger partial charge in [-0.05, 0) is 24.3 Å². The highest BCUT2D eigenvalue weighted by Gasteiger charge is 2.34. The normalized spacial score (nSPS) is 11.2. The second-order valence-electron chi connectivity index (χ2n) is 3.89. The number of aromatic nitrogens is 1. The lowest BCUT2D eigenvalue weighted by Gasteiger charge is -2.09. The quantitative estimate of drug-likeness (QED) is 0.692. The van der Waals surface area contributed by atoms with Crippen molar-refractivity contribution in [3.05, 3.63) is 52.3 Å². The summed E-state index contributed by atoms with van der Waals surface area (Å²) in [4.78, 5) is 12.9. The van der Waals surface area contributed by atoms with Crippen molar-refractivity contribution in [3.63, 3.8) is 0 Å². The molecule has 2 rings (SSSR count). The zero-order chi connectivity index (χ0) is 15.6. The van der Waals surface area contributed by atoms with Crippen LogP contribution in [0, 0.1) is 10.1 Å². The van der Waals surface area contributed by atoms with Crippen molar-refractivity contribution in [2.75, 3.05) is 0 Å². The van der Waals surface area contributed by atoms with E-state index in [1.165, 1.54) is 24.3 Å². The van der Waals surface area contributed by atoms with Gasteiger partial charge < -0.3 is 9.84 Å². The molecule has 1 heterocycles. The van der Waals surface area contributed by atoms with Gasteiger partial charge in [-0.15, -0.1) is 0 Å². The summed E-state index contributed by atoms with van der Waals surface area (Å²) in [6.45, 7) is 0. The Bertz CT molecular complexity index is 671. The van der Waals surface area contributed by atoms with Crippen LogP contribution in [0.15, 0.2) is 36.5 Å². The lowest BCUT2D eigenvalue weighted by Crippen LogP contribution is -2.08. The average molecular weight is 300 g/mol. The highest BCUT2D eigenvalue weighted by Crippen LogP contribution is 2.36. The van der Waals surface area contributed by atoms with Crippen LogP contribution in [0.5, 0.6) is 17.2 Å². The van der Waals surface area contributed by atoms with Crippen LogP contribution in [0.1, 0.15) is 5.69 Å². The molecule has 6 nitrogen and oxygen atoms in total. The number of hydrogen-bond donors (Lipinski definition) is 1. The molecule has 0 aliphatic rings. The van der Waals surface area contributed by atoms with Gasteiger partial charge in [-0.25, -0.2) is 4.98 Å². The molecule has 9 heteroatoms. The molecular formula is C12H7F3N2O4. The lowest BCUT2D eigenvalue weighted by molar-refractivity contribution is -0.386. The summed E-state index contributed by atoms with van der Waals surface area (Å²) in [5.41, 5.74) is -2.00. The van der Waals surface area contributed by atoms with Crippen molar-refractivity contribution < 1.29 is 27.9 Å². The molecule has 0 radical (unpaired) electrons. The van der Waals surface area contributed by atoms with Gasteiger partial charge in [-0.2, -0.15) is 13.2 Å². The van der Waals surface area contributed by atoms with Crippen molar-refractivity contribution >= 4 is 5.69 Å². The molecule has 1 aromatic heterocycles. The first kappa shape index (κ1) is 14.6. The van der Waals surface area contributed by atoms with Gasteiger partial charge in [0.25, 0.3) is 0 Å². The van der Waals surface area contributed by atoms with Crippen LogP contribution in [-0.2, 0) is 6.18 Å². The molecule has 0 bridgehead atoms. The Morgan fingerprint density at radius 1 is 1.24 bits per heavy atom. The molecule has 2 aromatic rings. The summed E-state index contributed by atoms with van der Waals surface area (Å²) in [7, 11) is 0. The number of rotatable bonds is 3. The van der Waals surface area contributed by atoms with E-state index in [1.54, 1.807) is 0 Å². The summed E-state index contributed by atoms with van der Waals surface area (Å²) in [5, 5.41) is 19.9. The van der Waals surface area contributed by atoms with Gasteiger partial charge in [0.05, 0.1) is 4.92 Å². The van der Waals surface area contributed by atoms with E-state index in [4.69, 9.17) is 9.84 Å². The van der Waals surface area contributed by atoms with E-state index in [0.717, 1.165) is 0 Å². The minimum absolute atomic E-state index is 0.0372. The van der Waals surface area contributed by atoms with E-state index in [0.29, 0.717) is 12.3 Å². The number of phenols is 1. The number of phenolic OH excluding ortho intramolecular Hbond substituents is 1. The number of alkyl halides is 3. The summed E-state index contributed by atoms with van der Waals surface area (Å²) >= 11 is 0. The summed E-state index contributed by atoms with van der Waals surface area (Å²) in [5.74, 6) is -0.634. The SMILES string of the molecule is O=[N+]([O-])c1cnc(C(F)(F)F)cc1Oc1ccc(O)cc1. The van der Waals surface area contributed by atoms with E-state index in [2.05, 4.69) is 4.98 Å². The Morgan fingerprint density at radius 3 is 2.38 bits per heavy atom. The molecule has 0 saturated heterocycles. The highest BCUT2D eigenvalue weighted by molar-refractivity contribution is 5.48. The van der Waals surface area contributed by atoms with Gasteiger partial charge in [0.1, 0.15) is 23.4 Å². The first-order chi connectivity index (χ1) is 9.77. The van der Waals surface area contributed by atoms with Gasteiger partial charge in [-0.3, -0.25) is 10.1 Å². The Kier molecular flexibility index (Phi) is 3.66. The first-order valence-electron chi connectivity index (χ1n) is 5.46. The Hall–Kier alpha value is -2.84. The second-order valence-corrected chi connectivity index (χ2v) is 3.89. The molecule has 0 fully saturated rings. The molecule has 110 valence electrons. The predicted octanol–water partition coefficient (Wildman–Crippen LogP) is 3.51. The fraction of sp³-hybridized carbons (Fsp3) is 0.0833. The van der Waals surface area contributed by atoms with Gasteiger partial charge in [-0.1, -0.05) is 0 Å².